The van der Waals surface area contributed by atoms with Crippen LogP contribution in [0.25, 0.3) is 23.2 Å². The lowest BCUT2D eigenvalue weighted by atomic mass is 10.1. The predicted molar refractivity (Wildman–Crippen MR) is 94.7 cm³/mol. The molecule has 4 N–H and O–H groups in total. The molecule has 0 unspecified atom stereocenters. The molecule has 126 valence electrons. The van der Waals surface area contributed by atoms with Crippen LogP contribution in [0.2, 0.25) is 0 Å². The normalized spacial score (nSPS) is 11.5. The van der Waals surface area contributed by atoms with Gasteiger partial charge in [-0.1, -0.05) is 17.2 Å². The molecule has 8 nitrogen and oxygen atoms in total. The van der Waals surface area contributed by atoms with E-state index in [-0.39, 0.29) is 11.5 Å². The summed E-state index contributed by atoms with van der Waals surface area (Å²) < 4.78 is 1.43. The highest BCUT2D eigenvalue weighted by Crippen LogP contribution is 2.19. The van der Waals surface area contributed by atoms with E-state index < -0.39 is 5.91 Å². The van der Waals surface area contributed by atoms with Gasteiger partial charge in [0, 0.05) is 29.7 Å². The molecular formula is C17H17N7O. The number of primary amides is 1. The molecule has 0 fully saturated rings. The molecule has 0 aliphatic carbocycles. The quantitative estimate of drug-likeness (QED) is 0.694. The van der Waals surface area contributed by atoms with Crippen LogP contribution in [0.15, 0.2) is 36.9 Å². The molecule has 0 saturated carbocycles. The second-order valence-corrected chi connectivity index (χ2v) is 5.66. The number of aryl methyl sites for hydroxylation is 2. The van der Waals surface area contributed by atoms with Crippen molar-refractivity contribution in [2.24, 2.45) is 5.73 Å². The Morgan fingerprint density at radius 1 is 1.08 bits per heavy atom. The molecule has 0 saturated heterocycles. The van der Waals surface area contributed by atoms with Gasteiger partial charge in [0.05, 0.1) is 5.57 Å². The average molecular weight is 335 g/mol. The van der Waals surface area contributed by atoms with Gasteiger partial charge >= 0.3 is 0 Å². The second-order valence-electron chi connectivity index (χ2n) is 5.66. The first kappa shape index (κ1) is 16.3. The van der Waals surface area contributed by atoms with Crippen molar-refractivity contribution in [3.8, 4) is 11.4 Å². The summed E-state index contributed by atoms with van der Waals surface area (Å²) in [5.74, 6) is 0.0441. The monoisotopic (exact) mass is 335 g/mol. The van der Waals surface area contributed by atoms with Gasteiger partial charge in [-0.15, -0.1) is 5.10 Å². The van der Waals surface area contributed by atoms with E-state index in [4.69, 9.17) is 11.5 Å². The van der Waals surface area contributed by atoms with Gasteiger partial charge in [-0.3, -0.25) is 4.79 Å². The molecule has 1 amide bonds. The fourth-order valence-electron chi connectivity index (χ4n) is 2.46. The molecule has 0 spiro atoms. The van der Waals surface area contributed by atoms with E-state index in [1.54, 1.807) is 0 Å². The minimum Gasteiger partial charge on any atom is -0.368 e. The Labute approximate surface area is 144 Å². The second kappa shape index (κ2) is 6.52. The summed E-state index contributed by atoms with van der Waals surface area (Å²) >= 11 is 0. The highest BCUT2D eigenvalue weighted by molar-refractivity contribution is 6.22. The third-order valence-electron chi connectivity index (χ3n) is 3.50. The Morgan fingerprint density at radius 2 is 1.72 bits per heavy atom. The van der Waals surface area contributed by atoms with Gasteiger partial charge in [0.2, 0.25) is 5.95 Å². The van der Waals surface area contributed by atoms with Crippen LogP contribution < -0.4 is 11.5 Å². The molecule has 2 aromatic heterocycles. The summed E-state index contributed by atoms with van der Waals surface area (Å²) in [5, 5.41) is 4.38. The van der Waals surface area contributed by atoms with Crippen molar-refractivity contribution in [2.75, 3.05) is 5.73 Å². The number of nitrogens with two attached hydrogens (primary N) is 2. The standard InChI is InChI=1S/C17H17N7O/c1-10-3-11(2)5-12(4-10)16-22-9-24(23-16)8-14(15(18)25)13-6-20-17(19)21-7-13/h3-9H,1-2H3,(H2,18,25)(H2,19,20,21). The number of amides is 1. The molecule has 0 radical (unpaired) electrons. The van der Waals surface area contributed by atoms with Gasteiger partial charge in [-0.2, -0.15) is 0 Å². The molecule has 0 bridgehead atoms. The van der Waals surface area contributed by atoms with E-state index in [1.807, 2.05) is 26.0 Å². The fourth-order valence-corrected chi connectivity index (χ4v) is 2.46. The number of anilines is 1. The zero-order valence-electron chi connectivity index (χ0n) is 13.8. The molecule has 3 rings (SSSR count). The van der Waals surface area contributed by atoms with Gasteiger partial charge in [0.15, 0.2) is 5.82 Å². The number of benzene rings is 1. The van der Waals surface area contributed by atoms with Crippen molar-refractivity contribution in [2.45, 2.75) is 13.8 Å². The van der Waals surface area contributed by atoms with Gasteiger partial charge in [0.25, 0.3) is 5.91 Å². The fraction of sp³-hybridized carbons (Fsp3) is 0.118. The number of carbonyl (C=O) groups is 1. The van der Waals surface area contributed by atoms with Crippen LogP contribution in [-0.4, -0.2) is 30.6 Å². The van der Waals surface area contributed by atoms with Crippen LogP contribution in [0, 0.1) is 13.8 Å². The Morgan fingerprint density at radius 3 is 2.32 bits per heavy atom. The Balaban J connectivity index is 1.98. The molecule has 1 aromatic carbocycles. The van der Waals surface area contributed by atoms with E-state index in [1.165, 1.54) is 29.6 Å². The number of rotatable bonds is 4. The largest absolute Gasteiger partial charge is 0.368 e. The summed E-state index contributed by atoms with van der Waals surface area (Å²) in [5.41, 5.74) is 14.7. The van der Waals surface area contributed by atoms with Gasteiger partial charge in [-0.25, -0.2) is 19.6 Å². The molecule has 2 heterocycles. The van der Waals surface area contributed by atoms with Crippen LogP contribution in [-0.2, 0) is 4.79 Å². The summed E-state index contributed by atoms with van der Waals surface area (Å²) in [6.45, 7) is 4.03. The highest BCUT2D eigenvalue weighted by Gasteiger charge is 2.11. The Hall–Kier alpha value is -3.55. The van der Waals surface area contributed by atoms with Crippen LogP contribution in [0.5, 0.6) is 0 Å². The van der Waals surface area contributed by atoms with E-state index >= 15 is 0 Å². The smallest absolute Gasteiger partial charge is 0.250 e. The maximum Gasteiger partial charge on any atom is 0.250 e. The van der Waals surface area contributed by atoms with Crippen LogP contribution in [0.4, 0.5) is 5.95 Å². The zero-order valence-corrected chi connectivity index (χ0v) is 13.8. The van der Waals surface area contributed by atoms with Crippen molar-refractivity contribution in [3.63, 3.8) is 0 Å². The number of nitrogens with zero attached hydrogens (tertiary/aromatic N) is 5. The SMILES string of the molecule is Cc1cc(C)cc(-c2ncn(C=C(C(N)=O)c3cnc(N)nc3)n2)c1. The lowest BCUT2D eigenvalue weighted by molar-refractivity contribution is -0.112. The first-order valence-corrected chi connectivity index (χ1v) is 7.51. The summed E-state index contributed by atoms with van der Waals surface area (Å²) in [6.07, 6.45) is 5.85. The lowest BCUT2D eigenvalue weighted by Gasteiger charge is -2.03. The molecular weight excluding hydrogens is 318 g/mol. The lowest BCUT2D eigenvalue weighted by Crippen LogP contribution is -2.14. The van der Waals surface area contributed by atoms with Gasteiger partial charge in [0.1, 0.15) is 6.33 Å². The number of nitrogen functional groups attached to an aromatic ring is 1. The zero-order chi connectivity index (χ0) is 18.0. The first-order valence-electron chi connectivity index (χ1n) is 7.51. The summed E-state index contributed by atoms with van der Waals surface area (Å²) in [7, 11) is 0. The van der Waals surface area contributed by atoms with Crippen molar-refractivity contribution < 1.29 is 4.79 Å². The third-order valence-corrected chi connectivity index (χ3v) is 3.50. The van der Waals surface area contributed by atoms with Crippen LogP contribution in [0.3, 0.4) is 0 Å². The Bertz CT molecular complexity index is 937. The van der Waals surface area contributed by atoms with E-state index in [0.717, 1.165) is 16.7 Å². The molecule has 3 aromatic rings. The average Bonchev–Trinajstić information content (AvgIpc) is 3.01. The van der Waals surface area contributed by atoms with E-state index in [0.29, 0.717) is 11.4 Å². The predicted octanol–water partition coefficient (Wildman–Crippen LogP) is 1.42. The Kier molecular flexibility index (Phi) is 4.25. The van der Waals surface area contributed by atoms with Crippen LogP contribution in [0.1, 0.15) is 16.7 Å². The number of aromatic nitrogens is 5. The van der Waals surface area contributed by atoms with Crippen molar-refractivity contribution in [1.82, 2.24) is 24.7 Å². The highest BCUT2D eigenvalue weighted by atomic mass is 16.1. The van der Waals surface area contributed by atoms with Gasteiger partial charge in [-0.05, 0) is 26.0 Å². The molecule has 0 aliphatic heterocycles. The van der Waals surface area contributed by atoms with E-state index in [9.17, 15) is 4.79 Å². The topological polar surface area (TPSA) is 126 Å². The molecule has 0 aliphatic rings. The van der Waals surface area contributed by atoms with Gasteiger partial charge < -0.3 is 11.5 Å². The van der Waals surface area contributed by atoms with Crippen LogP contribution >= 0.6 is 0 Å². The number of carbonyl (C=O) groups excluding carboxylic acids is 1. The minimum absolute atomic E-state index is 0.116. The first-order chi connectivity index (χ1) is 11.9. The summed E-state index contributed by atoms with van der Waals surface area (Å²) in [4.78, 5) is 23.8. The molecule has 8 heteroatoms. The molecule has 25 heavy (non-hydrogen) atoms. The summed E-state index contributed by atoms with van der Waals surface area (Å²) in [6, 6.07) is 6.07. The third kappa shape index (κ3) is 3.69. The van der Waals surface area contributed by atoms with Crippen molar-refractivity contribution in [1.29, 1.82) is 0 Å². The maximum absolute atomic E-state index is 11.8. The minimum atomic E-state index is -0.628. The number of hydrogen-bond acceptors (Lipinski definition) is 6. The van der Waals surface area contributed by atoms with Crippen molar-refractivity contribution in [3.05, 3.63) is 53.6 Å². The number of hydrogen-bond donors (Lipinski definition) is 2. The maximum atomic E-state index is 11.8. The van der Waals surface area contributed by atoms with E-state index in [2.05, 4.69) is 26.1 Å². The molecule has 0 atom stereocenters. The van der Waals surface area contributed by atoms with Crippen molar-refractivity contribution >= 4 is 23.6 Å².